The summed E-state index contributed by atoms with van der Waals surface area (Å²) in [6, 6.07) is 13.4. The van der Waals surface area contributed by atoms with Crippen LogP contribution < -0.4 is 9.64 Å². The van der Waals surface area contributed by atoms with Gasteiger partial charge in [-0.2, -0.15) is 0 Å². The number of halogens is 1. The lowest BCUT2D eigenvalue weighted by atomic mass is 10.1. The quantitative estimate of drug-likeness (QED) is 0.486. The van der Waals surface area contributed by atoms with Crippen molar-refractivity contribution in [1.29, 1.82) is 0 Å². The Kier molecular flexibility index (Phi) is 4.62. The Morgan fingerprint density at radius 1 is 1.21 bits per heavy atom. The molecule has 0 radical (unpaired) electrons. The van der Waals surface area contributed by atoms with E-state index in [1.54, 1.807) is 48.5 Å². The topological polar surface area (TPSA) is 63.7 Å². The summed E-state index contributed by atoms with van der Waals surface area (Å²) in [6.45, 7) is 0.223. The summed E-state index contributed by atoms with van der Waals surface area (Å²) in [4.78, 5) is 37.0. The lowest BCUT2D eigenvalue weighted by molar-refractivity contribution is -0.139. The summed E-state index contributed by atoms with van der Waals surface area (Å²) >= 11 is 5.95. The summed E-state index contributed by atoms with van der Waals surface area (Å²) in [5.41, 5.74) is 0.943. The number of carbonyl (C=O) groups excluding carboxylic acids is 3. The van der Waals surface area contributed by atoms with Crippen LogP contribution in [0, 0.1) is 5.92 Å². The molecule has 0 unspecified atom stereocenters. The number of rotatable bonds is 4. The third-order valence-electron chi connectivity index (χ3n) is 3.83. The van der Waals surface area contributed by atoms with Gasteiger partial charge in [0.15, 0.2) is 6.29 Å². The number of aldehydes is 1. The van der Waals surface area contributed by atoms with Gasteiger partial charge in [0.1, 0.15) is 5.75 Å². The Balaban J connectivity index is 1.73. The number of anilines is 1. The number of esters is 1. The van der Waals surface area contributed by atoms with E-state index in [0.717, 1.165) is 0 Å². The fourth-order valence-corrected chi connectivity index (χ4v) is 2.81. The maximum Gasteiger partial charge on any atom is 0.316 e. The van der Waals surface area contributed by atoms with Crippen molar-refractivity contribution >= 4 is 35.5 Å². The first kappa shape index (κ1) is 16.2. The van der Waals surface area contributed by atoms with Crippen LogP contribution in [0.5, 0.6) is 5.75 Å². The number of carbonyl (C=O) groups is 3. The Bertz CT molecular complexity index is 805. The lowest BCUT2D eigenvalue weighted by Gasteiger charge is -2.16. The molecule has 0 N–H and O–H groups in total. The molecule has 1 aliphatic heterocycles. The molecule has 2 aromatic rings. The Hall–Kier alpha value is -2.66. The van der Waals surface area contributed by atoms with E-state index >= 15 is 0 Å². The molecule has 1 amide bonds. The molecule has 5 nitrogen and oxygen atoms in total. The van der Waals surface area contributed by atoms with Crippen LogP contribution in [0.2, 0.25) is 5.02 Å². The number of benzene rings is 2. The lowest BCUT2D eigenvalue weighted by Crippen LogP contribution is -2.27. The smallest absolute Gasteiger partial charge is 0.316 e. The third-order valence-corrected chi connectivity index (χ3v) is 4.07. The van der Waals surface area contributed by atoms with Crippen LogP contribution in [0.4, 0.5) is 5.69 Å². The van der Waals surface area contributed by atoms with Gasteiger partial charge in [0.05, 0.1) is 11.5 Å². The van der Waals surface area contributed by atoms with E-state index in [4.69, 9.17) is 16.3 Å². The van der Waals surface area contributed by atoms with Crippen LogP contribution in [-0.2, 0) is 9.59 Å². The first-order valence-electron chi connectivity index (χ1n) is 7.40. The first-order chi connectivity index (χ1) is 11.6. The second-order valence-electron chi connectivity index (χ2n) is 5.46. The second-order valence-corrected chi connectivity index (χ2v) is 5.90. The highest BCUT2D eigenvalue weighted by Gasteiger charge is 2.36. The summed E-state index contributed by atoms with van der Waals surface area (Å²) in [5.74, 6) is -1.08. The van der Waals surface area contributed by atoms with Crippen LogP contribution in [-0.4, -0.2) is 24.7 Å². The largest absolute Gasteiger partial charge is 0.425 e. The van der Waals surface area contributed by atoms with Crippen molar-refractivity contribution < 1.29 is 19.1 Å². The molecule has 3 rings (SSSR count). The van der Waals surface area contributed by atoms with Gasteiger partial charge in [-0.25, -0.2) is 0 Å². The number of hydrogen-bond donors (Lipinski definition) is 0. The number of ether oxygens (including phenoxy) is 1. The minimum absolute atomic E-state index is 0.0641. The molecule has 2 aromatic carbocycles. The van der Waals surface area contributed by atoms with Gasteiger partial charge in [0, 0.05) is 23.7 Å². The van der Waals surface area contributed by atoms with Crippen LogP contribution in [0.25, 0.3) is 0 Å². The van der Waals surface area contributed by atoms with E-state index in [0.29, 0.717) is 22.6 Å². The third kappa shape index (κ3) is 3.31. The molecule has 24 heavy (non-hydrogen) atoms. The van der Waals surface area contributed by atoms with Gasteiger partial charge in [-0.05, 0) is 30.3 Å². The van der Waals surface area contributed by atoms with Crippen molar-refractivity contribution in [3.05, 3.63) is 59.1 Å². The van der Waals surface area contributed by atoms with Crippen molar-refractivity contribution in [2.75, 3.05) is 11.4 Å². The van der Waals surface area contributed by atoms with Gasteiger partial charge in [-0.15, -0.1) is 0 Å². The maximum atomic E-state index is 12.3. The number of nitrogens with zero attached hydrogens (tertiary/aromatic N) is 1. The molecule has 1 atom stereocenters. The van der Waals surface area contributed by atoms with Crippen molar-refractivity contribution in [1.82, 2.24) is 0 Å². The van der Waals surface area contributed by atoms with E-state index in [-0.39, 0.29) is 24.6 Å². The van der Waals surface area contributed by atoms with E-state index in [1.807, 2.05) is 0 Å². The molecule has 0 saturated carbocycles. The molecule has 1 aliphatic rings. The van der Waals surface area contributed by atoms with Crippen molar-refractivity contribution in [3.63, 3.8) is 0 Å². The molecule has 1 fully saturated rings. The summed E-state index contributed by atoms with van der Waals surface area (Å²) in [7, 11) is 0. The average Bonchev–Trinajstić information content (AvgIpc) is 2.97. The van der Waals surface area contributed by atoms with Crippen molar-refractivity contribution in [2.24, 2.45) is 5.92 Å². The minimum atomic E-state index is -0.587. The fourth-order valence-electron chi connectivity index (χ4n) is 2.62. The number of hydrogen-bond acceptors (Lipinski definition) is 4. The van der Waals surface area contributed by atoms with E-state index < -0.39 is 11.9 Å². The van der Waals surface area contributed by atoms with E-state index in [1.165, 1.54) is 4.90 Å². The SMILES string of the molecule is O=Cc1ccccc1OC(=O)[C@@H]1CC(=O)N(c2cccc(Cl)c2)C1. The van der Waals surface area contributed by atoms with Gasteiger partial charge < -0.3 is 9.64 Å². The van der Waals surface area contributed by atoms with Gasteiger partial charge in [0.25, 0.3) is 0 Å². The van der Waals surface area contributed by atoms with E-state index in [2.05, 4.69) is 0 Å². The van der Waals surface area contributed by atoms with Gasteiger partial charge in [-0.3, -0.25) is 14.4 Å². The van der Waals surface area contributed by atoms with E-state index in [9.17, 15) is 14.4 Å². The molecule has 6 heteroatoms. The first-order valence-corrected chi connectivity index (χ1v) is 7.78. The molecular weight excluding hydrogens is 330 g/mol. The standard InChI is InChI=1S/C18H14ClNO4/c19-14-5-3-6-15(9-14)20-10-13(8-17(20)22)18(23)24-16-7-2-1-4-12(16)11-21/h1-7,9,11,13H,8,10H2/t13-/m1/s1. The Labute approximate surface area is 143 Å². The van der Waals surface area contributed by atoms with Crippen molar-refractivity contribution in [2.45, 2.75) is 6.42 Å². The number of amides is 1. The van der Waals surface area contributed by atoms with Gasteiger partial charge in [-0.1, -0.05) is 29.8 Å². The van der Waals surface area contributed by atoms with Crippen LogP contribution in [0.3, 0.4) is 0 Å². The average molecular weight is 344 g/mol. The highest BCUT2D eigenvalue weighted by molar-refractivity contribution is 6.31. The van der Waals surface area contributed by atoms with Gasteiger partial charge in [0.2, 0.25) is 5.91 Å². The number of para-hydroxylation sites is 1. The minimum Gasteiger partial charge on any atom is -0.425 e. The highest BCUT2D eigenvalue weighted by atomic mass is 35.5. The predicted molar refractivity (Wildman–Crippen MR) is 89.4 cm³/mol. The molecule has 0 aliphatic carbocycles. The second kappa shape index (κ2) is 6.84. The monoisotopic (exact) mass is 343 g/mol. The zero-order valence-corrected chi connectivity index (χ0v) is 13.4. The predicted octanol–water partition coefficient (Wildman–Crippen LogP) is 3.11. The Morgan fingerprint density at radius 3 is 2.75 bits per heavy atom. The molecule has 0 aromatic heterocycles. The maximum absolute atomic E-state index is 12.3. The fraction of sp³-hybridized carbons (Fsp3) is 0.167. The zero-order valence-electron chi connectivity index (χ0n) is 12.6. The summed E-state index contributed by atoms with van der Waals surface area (Å²) in [5, 5.41) is 0.520. The highest BCUT2D eigenvalue weighted by Crippen LogP contribution is 2.28. The molecule has 1 saturated heterocycles. The zero-order chi connectivity index (χ0) is 17.1. The summed E-state index contributed by atoms with van der Waals surface area (Å²) < 4.78 is 5.30. The van der Waals surface area contributed by atoms with Crippen LogP contribution >= 0.6 is 11.6 Å². The van der Waals surface area contributed by atoms with Gasteiger partial charge >= 0.3 is 5.97 Å². The Morgan fingerprint density at radius 2 is 2.00 bits per heavy atom. The molecular formula is C18H14ClNO4. The van der Waals surface area contributed by atoms with Crippen LogP contribution in [0.15, 0.2) is 48.5 Å². The molecule has 0 spiro atoms. The van der Waals surface area contributed by atoms with Crippen molar-refractivity contribution in [3.8, 4) is 5.75 Å². The molecule has 122 valence electrons. The molecule has 0 bridgehead atoms. The normalized spacial score (nSPS) is 17.0. The summed E-state index contributed by atoms with van der Waals surface area (Å²) in [6.07, 6.45) is 0.690. The molecule has 1 heterocycles. The van der Waals surface area contributed by atoms with Crippen LogP contribution in [0.1, 0.15) is 16.8 Å².